The first-order chi connectivity index (χ1) is 12.1. The molecule has 1 aliphatic carbocycles. The first kappa shape index (κ1) is 18.8. The lowest BCUT2D eigenvalue weighted by Crippen LogP contribution is -2.24. The Morgan fingerprint density at radius 3 is 2.80 bits per heavy atom. The smallest absolute Gasteiger partial charge is 0.219 e. The number of allylic oxidation sites excluding steroid dienone is 1. The van der Waals surface area contributed by atoms with Crippen LogP contribution in [0.25, 0.3) is 12.2 Å². The molecule has 2 rings (SSSR count). The average molecular weight is 345 g/mol. The van der Waals surface area contributed by atoms with E-state index < -0.39 is 0 Å². The molecule has 0 radical (unpaired) electrons. The van der Waals surface area contributed by atoms with Crippen molar-refractivity contribution >= 4 is 24.5 Å². The molecule has 1 fully saturated rings. The first-order valence-corrected chi connectivity index (χ1v) is 8.73. The zero-order valence-electron chi connectivity index (χ0n) is 14.9. The van der Waals surface area contributed by atoms with E-state index in [0.29, 0.717) is 32.0 Å². The van der Waals surface area contributed by atoms with Crippen LogP contribution in [0.2, 0.25) is 0 Å². The zero-order chi connectivity index (χ0) is 18.2. The van der Waals surface area contributed by atoms with E-state index in [9.17, 15) is 14.7 Å². The highest BCUT2D eigenvalue weighted by atomic mass is 16.3. The second-order valence-electron chi connectivity index (χ2n) is 6.22. The molecule has 2 N–H and O–H groups in total. The number of hydrogen-bond acceptors (Lipinski definition) is 3. The number of nitrogens with one attached hydrogen (secondary N) is 1. The third kappa shape index (κ3) is 5.24. The maximum Gasteiger partial charge on any atom is 0.219 e. The first-order valence-electron chi connectivity index (χ1n) is 8.73. The number of carbonyl (C=O) groups is 2. The van der Waals surface area contributed by atoms with E-state index in [0.717, 1.165) is 30.5 Å². The number of nitrogens with zero attached hydrogens (tertiary/aromatic N) is 2. The Hall–Kier alpha value is -2.50. The Bertz CT molecular complexity index is 657. The summed E-state index contributed by atoms with van der Waals surface area (Å²) in [4.78, 5) is 24.3. The van der Waals surface area contributed by atoms with Crippen LogP contribution in [0.15, 0.2) is 18.3 Å². The minimum atomic E-state index is 0.00760. The maximum atomic E-state index is 11.4. The van der Waals surface area contributed by atoms with E-state index >= 15 is 0 Å². The zero-order valence-corrected chi connectivity index (χ0v) is 14.9. The lowest BCUT2D eigenvalue weighted by Gasteiger charge is -2.13. The molecule has 25 heavy (non-hydrogen) atoms. The third-order valence-corrected chi connectivity index (χ3v) is 4.30. The van der Waals surface area contributed by atoms with Crippen molar-refractivity contribution in [3.05, 3.63) is 29.6 Å². The van der Waals surface area contributed by atoms with Crippen molar-refractivity contribution in [3.8, 4) is 5.75 Å². The van der Waals surface area contributed by atoms with Crippen molar-refractivity contribution in [2.45, 2.75) is 45.2 Å². The van der Waals surface area contributed by atoms with Gasteiger partial charge in [-0.15, -0.1) is 0 Å². The standard InChI is InChI=1S/C19H27N3O3/c1-3-6-16-17(7-4-12-22(14-23)15-9-10-15)21(13-18(16)24)11-5-8-19(25)20-2/h3-4,6-7,13-15,24H,5,8-12H2,1-2H3,(H,20,25)/b6-3-,7-4+. The highest BCUT2D eigenvalue weighted by Gasteiger charge is 2.26. The van der Waals surface area contributed by atoms with Gasteiger partial charge in [0.25, 0.3) is 0 Å². The van der Waals surface area contributed by atoms with E-state index in [1.165, 1.54) is 0 Å². The summed E-state index contributed by atoms with van der Waals surface area (Å²) in [5.74, 6) is 0.223. The summed E-state index contributed by atoms with van der Waals surface area (Å²) in [6.07, 6.45) is 13.5. The molecule has 2 amide bonds. The number of carbonyl (C=O) groups excluding carboxylic acids is 2. The second-order valence-corrected chi connectivity index (χ2v) is 6.22. The predicted molar refractivity (Wildman–Crippen MR) is 98.9 cm³/mol. The van der Waals surface area contributed by atoms with Crippen LogP contribution in [-0.4, -0.2) is 46.5 Å². The SMILES string of the molecule is C/C=C\c1c(O)cn(CCCC(=O)NC)c1/C=C/CN(C=O)C1CC1. The van der Waals surface area contributed by atoms with E-state index in [2.05, 4.69) is 5.32 Å². The molecule has 0 spiro atoms. The fraction of sp³-hybridized carbons (Fsp3) is 0.474. The highest BCUT2D eigenvalue weighted by Crippen LogP contribution is 2.28. The van der Waals surface area contributed by atoms with Gasteiger partial charge in [-0.1, -0.05) is 18.2 Å². The summed E-state index contributed by atoms with van der Waals surface area (Å²) in [5.41, 5.74) is 1.64. The molecule has 136 valence electrons. The van der Waals surface area contributed by atoms with Crippen LogP contribution in [0.4, 0.5) is 0 Å². The van der Waals surface area contributed by atoms with Crippen LogP contribution in [0.5, 0.6) is 5.75 Å². The van der Waals surface area contributed by atoms with Crippen LogP contribution >= 0.6 is 0 Å². The van der Waals surface area contributed by atoms with Crippen LogP contribution in [-0.2, 0) is 16.1 Å². The number of amides is 2. The maximum absolute atomic E-state index is 11.4. The summed E-state index contributed by atoms with van der Waals surface area (Å²) in [6.45, 7) is 3.10. The lowest BCUT2D eigenvalue weighted by atomic mass is 10.2. The molecule has 1 saturated carbocycles. The number of hydrogen-bond donors (Lipinski definition) is 2. The Morgan fingerprint density at radius 2 is 2.20 bits per heavy atom. The van der Waals surface area contributed by atoms with Gasteiger partial charge in [-0.05, 0) is 32.3 Å². The van der Waals surface area contributed by atoms with Gasteiger partial charge in [0, 0.05) is 44.4 Å². The van der Waals surface area contributed by atoms with Gasteiger partial charge in [-0.2, -0.15) is 0 Å². The van der Waals surface area contributed by atoms with Crippen molar-refractivity contribution in [1.29, 1.82) is 0 Å². The number of rotatable bonds is 10. The summed E-state index contributed by atoms with van der Waals surface area (Å²) < 4.78 is 1.95. The molecule has 1 aromatic rings. The van der Waals surface area contributed by atoms with Gasteiger partial charge >= 0.3 is 0 Å². The molecule has 1 aliphatic rings. The minimum absolute atomic E-state index is 0.00760. The van der Waals surface area contributed by atoms with Gasteiger partial charge in [0.05, 0.1) is 5.69 Å². The number of aryl methyl sites for hydroxylation is 1. The third-order valence-electron chi connectivity index (χ3n) is 4.30. The monoisotopic (exact) mass is 345 g/mol. The quantitative estimate of drug-likeness (QED) is 0.640. The summed E-state index contributed by atoms with van der Waals surface area (Å²) in [5, 5.41) is 12.8. The minimum Gasteiger partial charge on any atom is -0.506 e. The number of aromatic hydroxyl groups is 1. The molecule has 0 bridgehead atoms. The van der Waals surface area contributed by atoms with Gasteiger partial charge in [0.2, 0.25) is 12.3 Å². The normalized spacial score (nSPS) is 14.3. The Morgan fingerprint density at radius 1 is 1.44 bits per heavy atom. The molecule has 6 heteroatoms. The largest absolute Gasteiger partial charge is 0.506 e. The van der Waals surface area contributed by atoms with Crippen LogP contribution in [0.3, 0.4) is 0 Å². The molecule has 0 aromatic carbocycles. The van der Waals surface area contributed by atoms with Crippen molar-refractivity contribution < 1.29 is 14.7 Å². The van der Waals surface area contributed by atoms with Gasteiger partial charge in [-0.3, -0.25) is 9.59 Å². The van der Waals surface area contributed by atoms with Crippen LogP contribution < -0.4 is 5.32 Å². The molecule has 0 saturated heterocycles. The van der Waals surface area contributed by atoms with Gasteiger partial charge in [0.15, 0.2) is 0 Å². The van der Waals surface area contributed by atoms with Gasteiger partial charge in [0.1, 0.15) is 5.75 Å². The molecular formula is C19H27N3O3. The summed E-state index contributed by atoms with van der Waals surface area (Å²) in [7, 11) is 1.63. The summed E-state index contributed by atoms with van der Waals surface area (Å²) in [6, 6.07) is 0.380. The Kier molecular flexibility index (Phi) is 6.86. The van der Waals surface area contributed by atoms with Crippen molar-refractivity contribution in [3.63, 3.8) is 0 Å². The van der Waals surface area contributed by atoms with Crippen LogP contribution in [0.1, 0.15) is 43.9 Å². The second kappa shape index (κ2) is 9.11. The molecule has 6 nitrogen and oxygen atoms in total. The molecule has 0 aliphatic heterocycles. The van der Waals surface area contributed by atoms with Crippen molar-refractivity contribution in [2.75, 3.05) is 13.6 Å². The Labute approximate surface area is 148 Å². The Balaban J connectivity index is 2.11. The topological polar surface area (TPSA) is 74.6 Å². The van der Waals surface area contributed by atoms with Gasteiger partial charge < -0.3 is 19.9 Å². The fourth-order valence-corrected chi connectivity index (χ4v) is 2.79. The summed E-state index contributed by atoms with van der Waals surface area (Å²) >= 11 is 0. The van der Waals surface area contributed by atoms with E-state index in [1.807, 2.05) is 35.8 Å². The molecule has 1 aromatic heterocycles. The van der Waals surface area contributed by atoms with E-state index in [4.69, 9.17) is 0 Å². The highest BCUT2D eigenvalue weighted by molar-refractivity contribution is 5.75. The average Bonchev–Trinajstić information content (AvgIpc) is 3.40. The molecular weight excluding hydrogens is 318 g/mol. The lowest BCUT2D eigenvalue weighted by molar-refractivity contribution is -0.120. The fourth-order valence-electron chi connectivity index (χ4n) is 2.79. The molecule has 0 atom stereocenters. The van der Waals surface area contributed by atoms with Crippen molar-refractivity contribution in [2.24, 2.45) is 0 Å². The van der Waals surface area contributed by atoms with E-state index in [-0.39, 0.29) is 11.7 Å². The molecule has 1 heterocycles. The number of aromatic nitrogens is 1. The van der Waals surface area contributed by atoms with Crippen LogP contribution in [0, 0.1) is 0 Å². The van der Waals surface area contributed by atoms with Crippen molar-refractivity contribution in [1.82, 2.24) is 14.8 Å². The van der Waals surface area contributed by atoms with E-state index in [1.54, 1.807) is 18.1 Å². The van der Waals surface area contributed by atoms with Gasteiger partial charge in [-0.25, -0.2) is 0 Å². The predicted octanol–water partition coefficient (Wildman–Crippen LogP) is 2.39. The molecule has 0 unspecified atom stereocenters.